The lowest BCUT2D eigenvalue weighted by atomic mass is 10.3. The number of para-hydroxylation sites is 2. The summed E-state index contributed by atoms with van der Waals surface area (Å²) in [6, 6.07) is 19.5. The molecular weight excluding hydrogens is 332 g/mol. The minimum atomic E-state index is 0.0417. The van der Waals surface area contributed by atoms with Crippen LogP contribution in [0.2, 0.25) is 0 Å². The average molecular weight is 364 g/mol. The van der Waals surface area contributed by atoms with E-state index in [0.717, 1.165) is 11.5 Å². The van der Waals surface area contributed by atoms with Crippen molar-refractivity contribution in [2.45, 2.75) is 20.3 Å². The molecule has 0 bridgehead atoms. The van der Waals surface area contributed by atoms with Gasteiger partial charge in [-0.25, -0.2) is 0 Å². The highest BCUT2D eigenvalue weighted by molar-refractivity contribution is 5.30. The highest BCUT2D eigenvalue weighted by Gasteiger charge is 1.92. The number of benzene rings is 2. The Bertz CT molecular complexity index is 445. The summed E-state index contributed by atoms with van der Waals surface area (Å²) in [7, 11) is 0. The zero-order valence-electron chi connectivity index (χ0n) is 15.8. The van der Waals surface area contributed by atoms with Gasteiger partial charge in [-0.1, -0.05) is 56.7 Å². The monoisotopic (exact) mass is 364 g/mol. The Labute approximate surface area is 157 Å². The Morgan fingerprint density at radius 2 is 0.962 bits per heavy atom. The molecule has 2 aromatic rings. The quantitative estimate of drug-likeness (QED) is 0.661. The molecule has 5 nitrogen and oxygen atoms in total. The second kappa shape index (κ2) is 19.4. The van der Waals surface area contributed by atoms with Crippen molar-refractivity contribution >= 4 is 0 Å². The molecule has 0 unspecified atom stereocenters. The number of hydrogen-bond acceptors (Lipinski definition) is 5. The van der Waals surface area contributed by atoms with Crippen molar-refractivity contribution in [2.24, 2.45) is 0 Å². The molecule has 0 atom stereocenters. The number of rotatable bonds is 9. The maximum Gasteiger partial charge on any atom is 0.127 e. The molecule has 0 aliphatic rings. The molecule has 0 radical (unpaired) electrons. The lowest BCUT2D eigenvalue weighted by Crippen LogP contribution is -2.09. The van der Waals surface area contributed by atoms with E-state index in [-0.39, 0.29) is 13.2 Å². The van der Waals surface area contributed by atoms with Crippen LogP contribution in [0.1, 0.15) is 20.3 Å². The summed E-state index contributed by atoms with van der Waals surface area (Å²) in [4.78, 5) is 0. The van der Waals surface area contributed by atoms with Crippen LogP contribution in [0.3, 0.4) is 0 Å². The third-order valence-corrected chi connectivity index (χ3v) is 2.57. The first-order valence-corrected chi connectivity index (χ1v) is 8.93. The van der Waals surface area contributed by atoms with E-state index in [1.165, 1.54) is 6.42 Å². The van der Waals surface area contributed by atoms with Gasteiger partial charge in [0.25, 0.3) is 0 Å². The Balaban J connectivity index is 0.000000432. The van der Waals surface area contributed by atoms with Gasteiger partial charge < -0.3 is 24.4 Å². The molecular formula is C21H32O5. The summed E-state index contributed by atoms with van der Waals surface area (Å²) in [5.41, 5.74) is 0. The van der Waals surface area contributed by atoms with E-state index >= 15 is 0 Å². The summed E-state index contributed by atoms with van der Waals surface area (Å²) in [6.07, 6.45) is 1.25. The van der Waals surface area contributed by atoms with Gasteiger partial charge in [0.05, 0.1) is 39.6 Å². The van der Waals surface area contributed by atoms with Gasteiger partial charge in [-0.05, 0) is 24.3 Å². The van der Waals surface area contributed by atoms with Crippen LogP contribution in [0.25, 0.3) is 0 Å². The van der Waals surface area contributed by atoms with Crippen molar-refractivity contribution in [3.63, 3.8) is 0 Å². The molecule has 0 heterocycles. The van der Waals surface area contributed by atoms with Gasteiger partial charge >= 0.3 is 0 Å². The summed E-state index contributed by atoms with van der Waals surface area (Å²) >= 11 is 0. The lowest BCUT2D eigenvalue weighted by molar-refractivity contribution is 0.0222. The van der Waals surface area contributed by atoms with Crippen molar-refractivity contribution in [2.75, 3.05) is 39.6 Å². The van der Waals surface area contributed by atoms with Crippen LogP contribution >= 0.6 is 0 Å². The maximum absolute atomic E-state index is 8.26. The Hall–Kier alpha value is -1.92. The molecule has 0 aromatic heterocycles. The van der Waals surface area contributed by atoms with E-state index in [1.54, 1.807) is 0 Å². The molecule has 0 spiro atoms. The number of ether oxygens (including phenoxy) is 3. The molecule has 2 aromatic carbocycles. The fraction of sp³-hybridized carbons (Fsp3) is 0.429. The first-order valence-electron chi connectivity index (χ1n) is 8.93. The molecule has 0 saturated carbocycles. The van der Waals surface area contributed by atoms with Crippen molar-refractivity contribution in [3.05, 3.63) is 60.7 Å². The van der Waals surface area contributed by atoms with Gasteiger partial charge in [-0.3, -0.25) is 0 Å². The van der Waals surface area contributed by atoms with Crippen molar-refractivity contribution in [1.29, 1.82) is 0 Å². The minimum absolute atomic E-state index is 0.0417. The first kappa shape index (κ1) is 24.1. The lowest BCUT2D eigenvalue weighted by Gasteiger charge is -2.03. The van der Waals surface area contributed by atoms with Gasteiger partial charge in [-0.2, -0.15) is 0 Å². The second-order valence-corrected chi connectivity index (χ2v) is 5.11. The standard InChI is InChI=1S/C12H10O.C6H14O4.C3H8/c1-3-7-11(8-4-1)13-12-9-5-2-6-10-12;7-1-3-9-5-6-10-4-2-8;1-3-2/h1-10H;7-8H,1-6H2;3H2,1-2H3. The van der Waals surface area contributed by atoms with Crippen LogP contribution in [0.4, 0.5) is 0 Å². The molecule has 2 N–H and O–H groups in total. The third-order valence-electron chi connectivity index (χ3n) is 2.57. The van der Waals surface area contributed by atoms with Crippen LogP contribution < -0.4 is 4.74 Å². The number of aliphatic hydroxyl groups is 2. The smallest absolute Gasteiger partial charge is 0.127 e. The van der Waals surface area contributed by atoms with E-state index in [4.69, 9.17) is 24.4 Å². The van der Waals surface area contributed by atoms with E-state index in [9.17, 15) is 0 Å². The van der Waals surface area contributed by atoms with Crippen LogP contribution in [-0.2, 0) is 9.47 Å². The minimum Gasteiger partial charge on any atom is -0.457 e. The predicted octanol–water partition coefficient (Wildman–Crippen LogP) is 3.90. The van der Waals surface area contributed by atoms with Crippen LogP contribution in [0, 0.1) is 0 Å². The zero-order valence-corrected chi connectivity index (χ0v) is 15.8. The molecule has 26 heavy (non-hydrogen) atoms. The van der Waals surface area contributed by atoms with Gasteiger partial charge in [0.1, 0.15) is 11.5 Å². The molecule has 0 saturated heterocycles. The normalized spacial score (nSPS) is 9.38. The van der Waals surface area contributed by atoms with Gasteiger partial charge in [0.15, 0.2) is 0 Å². The number of hydrogen-bond donors (Lipinski definition) is 2. The van der Waals surface area contributed by atoms with E-state index in [0.29, 0.717) is 26.4 Å². The molecule has 146 valence electrons. The number of aliphatic hydroxyl groups excluding tert-OH is 2. The van der Waals surface area contributed by atoms with Crippen molar-refractivity contribution < 1.29 is 24.4 Å². The summed E-state index contributed by atoms with van der Waals surface area (Å²) in [5.74, 6) is 1.74. The molecule has 5 heteroatoms. The van der Waals surface area contributed by atoms with Crippen LogP contribution in [0.5, 0.6) is 11.5 Å². The Kier molecular flexibility index (Phi) is 18.0. The highest BCUT2D eigenvalue weighted by atomic mass is 16.5. The van der Waals surface area contributed by atoms with Crippen molar-refractivity contribution in [1.82, 2.24) is 0 Å². The van der Waals surface area contributed by atoms with E-state index in [2.05, 4.69) is 13.8 Å². The third kappa shape index (κ3) is 15.6. The summed E-state index contributed by atoms with van der Waals surface area (Å²) in [5, 5.41) is 16.5. The van der Waals surface area contributed by atoms with Gasteiger partial charge in [0.2, 0.25) is 0 Å². The zero-order chi connectivity index (χ0) is 19.3. The SMILES string of the molecule is CCC.OCCOCCOCCO.c1ccc(Oc2ccccc2)cc1. The Morgan fingerprint density at radius 1 is 0.615 bits per heavy atom. The highest BCUT2D eigenvalue weighted by Crippen LogP contribution is 2.19. The van der Waals surface area contributed by atoms with E-state index < -0.39 is 0 Å². The summed E-state index contributed by atoms with van der Waals surface area (Å²) in [6.45, 7) is 5.98. The maximum atomic E-state index is 8.26. The van der Waals surface area contributed by atoms with Crippen LogP contribution in [0.15, 0.2) is 60.7 Å². The molecule has 2 rings (SSSR count). The largest absolute Gasteiger partial charge is 0.457 e. The van der Waals surface area contributed by atoms with Crippen molar-refractivity contribution in [3.8, 4) is 11.5 Å². The first-order chi connectivity index (χ1) is 12.8. The fourth-order valence-electron chi connectivity index (χ4n) is 1.56. The molecule has 0 fully saturated rings. The molecule has 0 aliphatic heterocycles. The molecule has 0 aliphatic carbocycles. The topological polar surface area (TPSA) is 68.2 Å². The second-order valence-electron chi connectivity index (χ2n) is 5.11. The Morgan fingerprint density at radius 3 is 1.27 bits per heavy atom. The fourth-order valence-corrected chi connectivity index (χ4v) is 1.56. The van der Waals surface area contributed by atoms with Crippen LogP contribution in [-0.4, -0.2) is 49.9 Å². The van der Waals surface area contributed by atoms with Gasteiger partial charge in [0, 0.05) is 0 Å². The average Bonchev–Trinajstić information content (AvgIpc) is 2.67. The summed E-state index contributed by atoms with van der Waals surface area (Å²) < 4.78 is 15.3. The molecule has 0 amide bonds. The van der Waals surface area contributed by atoms with E-state index in [1.807, 2.05) is 60.7 Å². The predicted molar refractivity (Wildman–Crippen MR) is 105 cm³/mol. The van der Waals surface area contributed by atoms with Gasteiger partial charge in [-0.15, -0.1) is 0 Å².